The molecule has 2 N–H and O–H groups in total. The first-order valence-electron chi connectivity index (χ1n) is 6.62. The average Bonchev–Trinajstić information content (AvgIpc) is 2.39. The van der Waals surface area contributed by atoms with Crippen LogP contribution in [0.4, 0.5) is 5.69 Å². The average molecular weight is 243 g/mol. The van der Waals surface area contributed by atoms with Crippen molar-refractivity contribution in [3.05, 3.63) is 29.3 Å². The van der Waals surface area contributed by atoms with Gasteiger partial charge in [0.25, 0.3) is 0 Å². The van der Waals surface area contributed by atoms with Gasteiger partial charge in [0.1, 0.15) is 6.07 Å². The van der Waals surface area contributed by atoms with Crippen LogP contribution in [0.1, 0.15) is 24.5 Å². The number of hydrogen-bond acceptors (Lipinski definition) is 3. The van der Waals surface area contributed by atoms with Gasteiger partial charge in [0, 0.05) is 13.1 Å². The van der Waals surface area contributed by atoms with E-state index in [1.165, 1.54) is 5.56 Å². The van der Waals surface area contributed by atoms with E-state index in [-0.39, 0.29) is 0 Å². The van der Waals surface area contributed by atoms with E-state index >= 15 is 0 Å². The summed E-state index contributed by atoms with van der Waals surface area (Å²) in [6.07, 6.45) is 1.15. The number of piperidine rings is 1. The smallest absolute Gasteiger partial charge is 0.101 e. The fourth-order valence-electron chi connectivity index (χ4n) is 2.83. The van der Waals surface area contributed by atoms with E-state index < -0.39 is 0 Å². The fourth-order valence-corrected chi connectivity index (χ4v) is 2.83. The third kappa shape index (κ3) is 2.34. The molecule has 2 atom stereocenters. The summed E-state index contributed by atoms with van der Waals surface area (Å²) in [5.74, 6) is 1.21. The number of nitriles is 1. The molecule has 1 aromatic carbocycles. The number of aryl methyl sites for hydroxylation is 1. The van der Waals surface area contributed by atoms with Gasteiger partial charge in [-0.3, -0.25) is 0 Å². The molecule has 0 amide bonds. The lowest BCUT2D eigenvalue weighted by Gasteiger charge is -2.39. The van der Waals surface area contributed by atoms with Crippen LogP contribution in [0.3, 0.4) is 0 Å². The molecular weight excluding hydrogens is 222 g/mol. The largest absolute Gasteiger partial charge is 0.370 e. The maximum atomic E-state index is 9.25. The lowest BCUT2D eigenvalue weighted by Crippen LogP contribution is -2.43. The molecule has 96 valence electrons. The van der Waals surface area contributed by atoms with Crippen LogP contribution < -0.4 is 10.6 Å². The van der Waals surface area contributed by atoms with Gasteiger partial charge >= 0.3 is 0 Å². The summed E-state index contributed by atoms with van der Waals surface area (Å²) in [5.41, 5.74) is 8.91. The van der Waals surface area contributed by atoms with E-state index in [2.05, 4.69) is 30.9 Å². The molecule has 1 heterocycles. The Morgan fingerprint density at radius 2 is 2.28 bits per heavy atom. The number of rotatable bonds is 2. The Morgan fingerprint density at radius 1 is 1.50 bits per heavy atom. The van der Waals surface area contributed by atoms with Crippen LogP contribution in [0.15, 0.2) is 18.2 Å². The van der Waals surface area contributed by atoms with Crippen molar-refractivity contribution < 1.29 is 0 Å². The molecule has 0 radical (unpaired) electrons. The molecule has 2 rings (SSSR count). The molecule has 1 fully saturated rings. The number of nitrogens with zero attached hydrogens (tertiary/aromatic N) is 2. The van der Waals surface area contributed by atoms with Gasteiger partial charge in [0.15, 0.2) is 0 Å². The van der Waals surface area contributed by atoms with Crippen molar-refractivity contribution in [2.75, 3.05) is 24.5 Å². The highest BCUT2D eigenvalue weighted by atomic mass is 15.1. The minimum Gasteiger partial charge on any atom is -0.370 e. The first kappa shape index (κ1) is 12.9. The summed E-state index contributed by atoms with van der Waals surface area (Å²) >= 11 is 0. The molecule has 3 nitrogen and oxygen atoms in total. The molecule has 1 aliphatic rings. The van der Waals surface area contributed by atoms with Gasteiger partial charge in [-0.15, -0.1) is 0 Å². The summed E-state index contributed by atoms with van der Waals surface area (Å²) in [4.78, 5) is 2.34. The number of hydrogen-bond donors (Lipinski definition) is 1. The Balaban J connectivity index is 2.30. The number of para-hydroxylation sites is 1. The van der Waals surface area contributed by atoms with Crippen molar-refractivity contribution in [3.8, 4) is 6.07 Å². The monoisotopic (exact) mass is 243 g/mol. The highest BCUT2D eigenvalue weighted by Crippen LogP contribution is 2.31. The first-order valence-corrected chi connectivity index (χ1v) is 6.62. The lowest BCUT2D eigenvalue weighted by molar-refractivity contribution is 0.307. The maximum Gasteiger partial charge on any atom is 0.101 e. The summed E-state index contributed by atoms with van der Waals surface area (Å²) < 4.78 is 0. The third-order valence-corrected chi connectivity index (χ3v) is 4.09. The fraction of sp³-hybridized carbons (Fsp3) is 0.533. The predicted octanol–water partition coefficient (Wildman–Crippen LogP) is 2.29. The minimum absolute atomic E-state index is 0.532. The first-order chi connectivity index (χ1) is 8.67. The zero-order chi connectivity index (χ0) is 13.1. The molecule has 0 spiro atoms. The third-order valence-electron chi connectivity index (χ3n) is 4.09. The Hall–Kier alpha value is -1.53. The molecule has 0 bridgehead atoms. The van der Waals surface area contributed by atoms with Crippen LogP contribution >= 0.6 is 0 Å². The Bertz CT molecular complexity index is 461. The zero-order valence-electron chi connectivity index (χ0n) is 11.2. The normalized spacial score (nSPS) is 23.8. The summed E-state index contributed by atoms with van der Waals surface area (Å²) in [6.45, 7) is 7.07. The van der Waals surface area contributed by atoms with Gasteiger partial charge in [-0.25, -0.2) is 0 Å². The van der Waals surface area contributed by atoms with Crippen LogP contribution in [-0.2, 0) is 0 Å². The quantitative estimate of drug-likeness (QED) is 0.867. The summed E-state index contributed by atoms with van der Waals surface area (Å²) in [6, 6.07) is 8.23. The van der Waals surface area contributed by atoms with E-state index in [0.717, 1.165) is 37.3 Å². The number of benzene rings is 1. The molecular formula is C15H21N3. The molecule has 0 aromatic heterocycles. The number of nitrogens with two attached hydrogens (primary N) is 1. The van der Waals surface area contributed by atoms with Crippen molar-refractivity contribution in [2.45, 2.75) is 20.3 Å². The van der Waals surface area contributed by atoms with Gasteiger partial charge in [0.05, 0.1) is 11.3 Å². The van der Waals surface area contributed by atoms with Crippen LogP contribution in [0, 0.1) is 30.1 Å². The van der Waals surface area contributed by atoms with Crippen molar-refractivity contribution >= 4 is 5.69 Å². The van der Waals surface area contributed by atoms with Crippen LogP contribution in [0.2, 0.25) is 0 Å². The van der Waals surface area contributed by atoms with E-state index in [1.54, 1.807) is 0 Å². The summed E-state index contributed by atoms with van der Waals surface area (Å²) in [5, 5.41) is 9.25. The van der Waals surface area contributed by atoms with Gasteiger partial charge < -0.3 is 10.6 Å². The minimum atomic E-state index is 0.532. The molecule has 1 saturated heterocycles. The standard InChI is InChI=1S/C15H21N3/c1-11-6-7-18(10-14(11)9-17)15-12(2)4-3-5-13(15)8-16/h3-5,11,14H,6-7,9-10,17H2,1-2H3. The molecule has 1 aliphatic heterocycles. The molecule has 0 saturated carbocycles. The summed E-state index contributed by atoms with van der Waals surface area (Å²) in [7, 11) is 0. The maximum absolute atomic E-state index is 9.25. The molecule has 0 aliphatic carbocycles. The Kier molecular flexibility index (Phi) is 3.88. The highest BCUT2D eigenvalue weighted by molar-refractivity contribution is 5.64. The molecule has 3 heteroatoms. The van der Waals surface area contributed by atoms with Crippen molar-refractivity contribution in [2.24, 2.45) is 17.6 Å². The Labute approximate surface area is 109 Å². The Morgan fingerprint density at radius 3 is 2.94 bits per heavy atom. The van der Waals surface area contributed by atoms with Crippen LogP contribution in [-0.4, -0.2) is 19.6 Å². The molecule has 1 aromatic rings. The zero-order valence-corrected chi connectivity index (χ0v) is 11.2. The topological polar surface area (TPSA) is 53.0 Å². The van der Waals surface area contributed by atoms with E-state index in [4.69, 9.17) is 5.73 Å². The van der Waals surface area contributed by atoms with Crippen molar-refractivity contribution in [3.63, 3.8) is 0 Å². The van der Waals surface area contributed by atoms with E-state index in [9.17, 15) is 5.26 Å². The van der Waals surface area contributed by atoms with Gasteiger partial charge in [0.2, 0.25) is 0 Å². The second kappa shape index (κ2) is 5.41. The highest BCUT2D eigenvalue weighted by Gasteiger charge is 2.27. The van der Waals surface area contributed by atoms with Crippen LogP contribution in [0.25, 0.3) is 0 Å². The second-order valence-corrected chi connectivity index (χ2v) is 5.29. The second-order valence-electron chi connectivity index (χ2n) is 5.29. The van der Waals surface area contributed by atoms with Crippen molar-refractivity contribution in [1.29, 1.82) is 5.26 Å². The van der Waals surface area contributed by atoms with Gasteiger partial charge in [-0.05, 0) is 43.4 Å². The lowest BCUT2D eigenvalue weighted by atomic mass is 9.86. The number of anilines is 1. The van der Waals surface area contributed by atoms with Gasteiger partial charge in [-0.2, -0.15) is 5.26 Å². The van der Waals surface area contributed by atoms with E-state index in [0.29, 0.717) is 11.8 Å². The molecule has 2 unspecified atom stereocenters. The molecule has 18 heavy (non-hydrogen) atoms. The van der Waals surface area contributed by atoms with Crippen molar-refractivity contribution in [1.82, 2.24) is 0 Å². The van der Waals surface area contributed by atoms with E-state index in [1.807, 2.05) is 12.1 Å². The van der Waals surface area contributed by atoms with Crippen LogP contribution in [0.5, 0.6) is 0 Å². The van der Waals surface area contributed by atoms with Gasteiger partial charge in [-0.1, -0.05) is 19.1 Å². The SMILES string of the molecule is Cc1cccc(C#N)c1N1CCC(C)C(CN)C1. The predicted molar refractivity (Wildman–Crippen MR) is 74.4 cm³/mol.